The second kappa shape index (κ2) is 3.65. The average Bonchev–Trinajstić information content (AvgIpc) is 2.20. The number of phenolic OH excluding ortho intramolecular Hbond substituents is 2. The first-order valence-corrected chi connectivity index (χ1v) is 4.76. The van der Waals surface area contributed by atoms with E-state index < -0.39 is 0 Å². The number of rotatable bonds is 1. The smallest absolute Gasteiger partial charge is 0.127 e. The summed E-state index contributed by atoms with van der Waals surface area (Å²) < 4.78 is 0. The van der Waals surface area contributed by atoms with Crippen molar-refractivity contribution in [3.63, 3.8) is 0 Å². The van der Waals surface area contributed by atoms with Gasteiger partial charge in [-0.3, -0.25) is 0 Å². The number of aromatic hydroxyl groups is 2. The quantitative estimate of drug-likeness (QED) is 0.742. The molecule has 15 heavy (non-hydrogen) atoms. The van der Waals surface area contributed by atoms with Gasteiger partial charge in [0.1, 0.15) is 11.5 Å². The lowest BCUT2D eigenvalue weighted by molar-refractivity contribution is 0.452. The van der Waals surface area contributed by atoms with Crippen LogP contribution >= 0.6 is 0 Å². The molecule has 2 nitrogen and oxygen atoms in total. The van der Waals surface area contributed by atoms with Crippen molar-refractivity contribution in [3.05, 3.63) is 48.0 Å². The van der Waals surface area contributed by atoms with Crippen molar-refractivity contribution in [3.8, 4) is 22.6 Å². The summed E-state index contributed by atoms with van der Waals surface area (Å²) in [7, 11) is 0. The lowest BCUT2D eigenvalue weighted by Gasteiger charge is -2.05. The van der Waals surface area contributed by atoms with Crippen molar-refractivity contribution >= 4 is 0 Å². The van der Waals surface area contributed by atoms with Gasteiger partial charge in [0, 0.05) is 11.6 Å². The molecule has 0 spiro atoms. The molecule has 0 amide bonds. The highest BCUT2D eigenvalue weighted by Crippen LogP contribution is 2.31. The number of phenols is 2. The monoisotopic (exact) mass is 200 g/mol. The second-order valence-electron chi connectivity index (χ2n) is 3.57. The highest BCUT2D eigenvalue weighted by atomic mass is 16.3. The fourth-order valence-corrected chi connectivity index (χ4v) is 1.50. The minimum Gasteiger partial charge on any atom is -0.508 e. The molecule has 0 saturated heterocycles. The molecule has 0 aromatic heterocycles. The highest BCUT2D eigenvalue weighted by Gasteiger charge is 2.04. The Morgan fingerprint density at radius 1 is 0.867 bits per heavy atom. The van der Waals surface area contributed by atoms with Crippen LogP contribution in [0.5, 0.6) is 11.5 Å². The summed E-state index contributed by atoms with van der Waals surface area (Å²) in [5.41, 5.74) is 2.85. The Morgan fingerprint density at radius 3 is 2.13 bits per heavy atom. The summed E-state index contributed by atoms with van der Waals surface area (Å²) in [6.07, 6.45) is 0. The van der Waals surface area contributed by atoms with Crippen LogP contribution in [0.2, 0.25) is 0 Å². The Bertz CT molecular complexity index is 472. The maximum absolute atomic E-state index is 9.65. The molecule has 0 unspecified atom stereocenters. The zero-order valence-corrected chi connectivity index (χ0v) is 8.44. The van der Waals surface area contributed by atoms with Gasteiger partial charge in [0.2, 0.25) is 0 Å². The summed E-state index contributed by atoms with van der Waals surface area (Å²) in [4.78, 5) is 0. The van der Waals surface area contributed by atoms with Gasteiger partial charge in [-0.1, -0.05) is 29.8 Å². The van der Waals surface area contributed by atoms with Gasteiger partial charge in [-0.25, -0.2) is 0 Å². The summed E-state index contributed by atoms with van der Waals surface area (Å²) in [6.45, 7) is 2.01. The van der Waals surface area contributed by atoms with E-state index in [4.69, 9.17) is 5.11 Å². The van der Waals surface area contributed by atoms with Crippen LogP contribution in [0.4, 0.5) is 0 Å². The van der Waals surface area contributed by atoms with Crippen molar-refractivity contribution in [2.75, 3.05) is 0 Å². The molecule has 0 aliphatic rings. The highest BCUT2D eigenvalue weighted by molar-refractivity contribution is 5.71. The molecule has 0 radical (unpaired) electrons. The molecule has 0 fully saturated rings. The molecule has 2 N–H and O–H groups in total. The van der Waals surface area contributed by atoms with Crippen LogP contribution in [0.3, 0.4) is 0 Å². The number of hydrogen-bond donors (Lipinski definition) is 2. The first kappa shape index (κ1) is 9.59. The average molecular weight is 200 g/mol. The fraction of sp³-hybridized carbons (Fsp3) is 0.0769. The van der Waals surface area contributed by atoms with Crippen LogP contribution in [-0.2, 0) is 0 Å². The molecule has 0 bridgehead atoms. The first-order valence-electron chi connectivity index (χ1n) is 4.76. The number of benzene rings is 2. The Kier molecular flexibility index (Phi) is 2.34. The maximum Gasteiger partial charge on any atom is 0.127 e. The Balaban J connectivity index is 2.49. The van der Waals surface area contributed by atoms with Crippen LogP contribution < -0.4 is 0 Å². The molecule has 0 aliphatic carbocycles. The summed E-state index contributed by atoms with van der Waals surface area (Å²) in [5.74, 6) is 0.169. The predicted molar refractivity (Wildman–Crippen MR) is 59.9 cm³/mol. The van der Waals surface area contributed by atoms with Gasteiger partial charge in [-0.15, -0.1) is 0 Å². The number of hydrogen-bond acceptors (Lipinski definition) is 2. The molecule has 2 aromatic rings. The second-order valence-corrected chi connectivity index (χ2v) is 3.57. The molecular formula is C13H12O2. The lowest BCUT2D eigenvalue weighted by Crippen LogP contribution is -1.79. The van der Waals surface area contributed by atoms with Gasteiger partial charge in [-0.05, 0) is 24.6 Å². The zero-order valence-electron chi connectivity index (χ0n) is 8.44. The molecule has 0 heterocycles. The van der Waals surface area contributed by atoms with Gasteiger partial charge in [0.25, 0.3) is 0 Å². The predicted octanol–water partition coefficient (Wildman–Crippen LogP) is 3.07. The minimum atomic E-state index is 0.0726. The fourth-order valence-electron chi connectivity index (χ4n) is 1.50. The van der Waals surface area contributed by atoms with Crippen LogP contribution in [-0.4, -0.2) is 10.2 Å². The third kappa shape index (κ3) is 1.94. The first-order chi connectivity index (χ1) is 7.16. The van der Waals surface area contributed by atoms with Crippen molar-refractivity contribution in [1.82, 2.24) is 0 Å². The van der Waals surface area contributed by atoms with E-state index in [0.29, 0.717) is 0 Å². The largest absolute Gasteiger partial charge is 0.508 e. The lowest BCUT2D eigenvalue weighted by atomic mass is 10.0. The standard InChI is InChI=1S/C13H12O2/c1-9-2-4-10(5-3-9)12-7-6-11(14)8-13(12)15/h2-8,14-15H,1H3. The van der Waals surface area contributed by atoms with Crippen molar-refractivity contribution in [1.29, 1.82) is 0 Å². The van der Waals surface area contributed by atoms with E-state index >= 15 is 0 Å². The van der Waals surface area contributed by atoms with E-state index in [1.165, 1.54) is 11.6 Å². The van der Waals surface area contributed by atoms with Crippen LogP contribution in [0, 0.1) is 6.92 Å². The maximum atomic E-state index is 9.65. The van der Waals surface area contributed by atoms with Crippen LogP contribution in [0.1, 0.15) is 5.56 Å². The molecule has 76 valence electrons. The molecule has 2 heteroatoms. The Hall–Kier alpha value is -1.96. The molecule has 0 atom stereocenters. The Labute approximate surface area is 88.4 Å². The normalized spacial score (nSPS) is 10.2. The van der Waals surface area contributed by atoms with Gasteiger partial charge < -0.3 is 10.2 Å². The van der Waals surface area contributed by atoms with Crippen LogP contribution in [0.25, 0.3) is 11.1 Å². The van der Waals surface area contributed by atoms with E-state index in [9.17, 15) is 5.11 Å². The van der Waals surface area contributed by atoms with Gasteiger partial charge >= 0.3 is 0 Å². The van der Waals surface area contributed by atoms with Crippen molar-refractivity contribution < 1.29 is 10.2 Å². The third-order valence-corrected chi connectivity index (χ3v) is 2.34. The third-order valence-electron chi connectivity index (χ3n) is 2.34. The van der Waals surface area contributed by atoms with Gasteiger partial charge in [0.15, 0.2) is 0 Å². The van der Waals surface area contributed by atoms with Crippen molar-refractivity contribution in [2.24, 2.45) is 0 Å². The summed E-state index contributed by atoms with van der Waals surface area (Å²) in [6, 6.07) is 12.5. The van der Waals surface area contributed by atoms with E-state index in [1.807, 2.05) is 31.2 Å². The SMILES string of the molecule is Cc1ccc(-c2ccc(O)cc2O)cc1. The molecule has 2 rings (SSSR count). The van der Waals surface area contributed by atoms with Crippen LogP contribution in [0.15, 0.2) is 42.5 Å². The van der Waals surface area contributed by atoms with Gasteiger partial charge in [-0.2, -0.15) is 0 Å². The van der Waals surface area contributed by atoms with E-state index in [-0.39, 0.29) is 11.5 Å². The molecule has 0 aliphatic heterocycles. The molecule has 2 aromatic carbocycles. The van der Waals surface area contributed by atoms with Gasteiger partial charge in [0.05, 0.1) is 0 Å². The Morgan fingerprint density at radius 2 is 1.53 bits per heavy atom. The molecule has 0 saturated carbocycles. The summed E-state index contributed by atoms with van der Waals surface area (Å²) in [5, 5.41) is 18.8. The minimum absolute atomic E-state index is 0.0726. The van der Waals surface area contributed by atoms with E-state index in [0.717, 1.165) is 11.1 Å². The zero-order chi connectivity index (χ0) is 10.8. The van der Waals surface area contributed by atoms with Crippen molar-refractivity contribution in [2.45, 2.75) is 6.92 Å². The molecular weight excluding hydrogens is 188 g/mol. The summed E-state index contributed by atoms with van der Waals surface area (Å²) >= 11 is 0. The number of aryl methyl sites for hydroxylation is 1. The van der Waals surface area contributed by atoms with E-state index in [2.05, 4.69) is 0 Å². The topological polar surface area (TPSA) is 40.5 Å². The van der Waals surface area contributed by atoms with E-state index in [1.54, 1.807) is 12.1 Å².